The highest BCUT2D eigenvalue weighted by atomic mass is 79.9. The van der Waals surface area contributed by atoms with Gasteiger partial charge in [0, 0.05) is 16.9 Å². The molecule has 0 amide bonds. The molecule has 1 N–H and O–H groups in total. The van der Waals surface area contributed by atoms with Gasteiger partial charge in [-0.3, -0.25) is 0 Å². The van der Waals surface area contributed by atoms with Crippen LogP contribution < -0.4 is 5.32 Å². The average Bonchev–Trinajstić information content (AvgIpc) is 2.26. The van der Waals surface area contributed by atoms with Crippen LogP contribution in [0.25, 0.3) is 0 Å². The van der Waals surface area contributed by atoms with Crippen LogP contribution in [0.2, 0.25) is 0 Å². The molecule has 1 aromatic carbocycles. The summed E-state index contributed by atoms with van der Waals surface area (Å²) in [5.74, 6) is 6.02. The van der Waals surface area contributed by atoms with Gasteiger partial charge in [-0.25, -0.2) is 0 Å². The fourth-order valence-electron chi connectivity index (χ4n) is 1.55. The summed E-state index contributed by atoms with van der Waals surface area (Å²) < 4.78 is 1.16. The lowest BCUT2D eigenvalue weighted by atomic mass is 10.0. The first kappa shape index (κ1) is 12.3. The van der Waals surface area contributed by atoms with Gasteiger partial charge in [0.05, 0.1) is 0 Å². The van der Waals surface area contributed by atoms with Crippen molar-refractivity contribution in [3.05, 3.63) is 34.3 Å². The van der Waals surface area contributed by atoms with Crippen molar-refractivity contribution < 1.29 is 0 Å². The Morgan fingerprint density at radius 2 is 2.13 bits per heavy atom. The van der Waals surface area contributed by atoms with E-state index in [1.165, 1.54) is 5.56 Å². The van der Waals surface area contributed by atoms with Gasteiger partial charge in [-0.15, -0.1) is 11.8 Å². The highest BCUT2D eigenvalue weighted by molar-refractivity contribution is 9.10. The fourth-order valence-corrected chi connectivity index (χ4v) is 2.12. The van der Waals surface area contributed by atoms with Gasteiger partial charge < -0.3 is 5.32 Å². The van der Waals surface area contributed by atoms with E-state index in [1.54, 1.807) is 0 Å². The van der Waals surface area contributed by atoms with Gasteiger partial charge in [-0.1, -0.05) is 34.1 Å². The quantitative estimate of drug-likeness (QED) is 0.822. The van der Waals surface area contributed by atoms with Crippen LogP contribution in [0.15, 0.2) is 28.7 Å². The lowest BCUT2D eigenvalue weighted by molar-refractivity contribution is 0.556. The van der Waals surface area contributed by atoms with Crippen LogP contribution in [0.4, 0.5) is 0 Å². The van der Waals surface area contributed by atoms with Gasteiger partial charge in [0.2, 0.25) is 0 Å². The zero-order valence-corrected chi connectivity index (χ0v) is 10.8. The van der Waals surface area contributed by atoms with E-state index in [4.69, 9.17) is 0 Å². The molecule has 0 heterocycles. The number of halogens is 1. The van der Waals surface area contributed by atoms with E-state index in [2.05, 4.69) is 51.3 Å². The number of nitrogens with one attached hydrogen (secondary N) is 1. The van der Waals surface area contributed by atoms with Crippen molar-refractivity contribution in [2.45, 2.75) is 25.8 Å². The van der Waals surface area contributed by atoms with E-state index in [0.717, 1.165) is 17.3 Å². The van der Waals surface area contributed by atoms with Crippen molar-refractivity contribution in [2.75, 3.05) is 7.05 Å². The van der Waals surface area contributed by atoms with Gasteiger partial charge >= 0.3 is 0 Å². The first-order chi connectivity index (χ1) is 7.29. The van der Waals surface area contributed by atoms with Crippen molar-refractivity contribution in [1.29, 1.82) is 0 Å². The van der Waals surface area contributed by atoms with Gasteiger partial charge in [-0.05, 0) is 32.0 Å². The lowest BCUT2D eigenvalue weighted by Crippen LogP contribution is -2.16. The molecule has 1 unspecified atom stereocenters. The van der Waals surface area contributed by atoms with E-state index in [0.29, 0.717) is 6.04 Å². The number of hydrogen-bond acceptors (Lipinski definition) is 1. The first-order valence-corrected chi connectivity index (χ1v) is 5.90. The minimum Gasteiger partial charge on any atom is -0.313 e. The largest absolute Gasteiger partial charge is 0.313 e. The van der Waals surface area contributed by atoms with E-state index in [1.807, 2.05) is 20.0 Å². The molecule has 80 valence electrons. The lowest BCUT2D eigenvalue weighted by Gasteiger charge is -2.16. The minimum atomic E-state index is 0.376. The molecule has 1 nitrogen and oxygen atoms in total. The fraction of sp³-hybridized carbons (Fsp3) is 0.385. The Balaban J connectivity index is 2.72. The maximum absolute atomic E-state index is 3.57. The Hall–Kier alpha value is -0.780. The normalized spacial score (nSPS) is 11.7. The van der Waals surface area contributed by atoms with Crippen molar-refractivity contribution in [3.63, 3.8) is 0 Å². The third kappa shape index (κ3) is 3.70. The van der Waals surface area contributed by atoms with E-state index < -0.39 is 0 Å². The van der Waals surface area contributed by atoms with Gasteiger partial charge in [0.25, 0.3) is 0 Å². The summed E-state index contributed by atoms with van der Waals surface area (Å²) in [6.07, 6.45) is 1.98. The molecule has 0 fully saturated rings. The smallest absolute Gasteiger partial charge is 0.0337 e. The minimum absolute atomic E-state index is 0.376. The van der Waals surface area contributed by atoms with Crippen molar-refractivity contribution in [1.82, 2.24) is 5.32 Å². The van der Waals surface area contributed by atoms with E-state index >= 15 is 0 Å². The van der Waals surface area contributed by atoms with E-state index in [-0.39, 0.29) is 0 Å². The molecule has 15 heavy (non-hydrogen) atoms. The molecule has 0 aromatic heterocycles. The first-order valence-electron chi connectivity index (χ1n) is 5.11. The van der Waals surface area contributed by atoms with Crippen LogP contribution in [-0.2, 0) is 0 Å². The molecule has 0 aliphatic rings. The number of benzene rings is 1. The van der Waals surface area contributed by atoms with Crippen LogP contribution in [0.1, 0.15) is 31.4 Å². The van der Waals surface area contributed by atoms with Crippen molar-refractivity contribution >= 4 is 15.9 Å². The van der Waals surface area contributed by atoms with Crippen LogP contribution in [0.5, 0.6) is 0 Å². The summed E-state index contributed by atoms with van der Waals surface area (Å²) in [6, 6.07) is 8.69. The maximum Gasteiger partial charge on any atom is 0.0337 e. The molecule has 2 heteroatoms. The Bertz CT molecular complexity index is 362. The standard InChI is InChI=1S/C13H16BrN/c1-3-4-5-10-13(15-2)11-8-6-7-9-12(11)14/h6-9,13,15H,5,10H2,1-2H3. The van der Waals surface area contributed by atoms with Crippen LogP contribution >= 0.6 is 15.9 Å². The van der Waals surface area contributed by atoms with Gasteiger partial charge in [0.15, 0.2) is 0 Å². The monoisotopic (exact) mass is 265 g/mol. The molecule has 0 aliphatic heterocycles. The molecule has 0 spiro atoms. The van der Waals surface area contributed by atoms with Gasteiger partial charge in [-0.2, -0.15) is 0 Å². The molecular weight excluding hydrogens is 250 g/mol. The Morgan fingerprint density at radius 1 is 1.40 bits per heavy atom. The second kappa shape index (κ2) is 6.66. The van der Waals surface area contributed by atoms with Crippen LogP contribution in [-0.4, -0.2) is 7.05 Å². The molecule has 1 atom stereocenters. The maximum atomic E-state index is 3.57. The highest BCUT2D eigenvalue weighted by Gasteiger charge is 2.10. The third-order valence-corrected chi connectivity index (χ3v) is 3.09. The molecule has 0 saturated carbocycles. The Morgan fingerprint density at radius 3 is 2.73 bits per heavy atom. The summed E-state index contributed by atoms with van der Waals surface area (Å²) in [5.41, 5.74) is 1.30. The van der Waals surface area contributed by atoms with Crippen LogP contribution in [0, 0.1) is 11.8 Å². The summed E-state index contributed by atoms with van der Waals surface area (Å²) in [4.78, 5) is 0. The van der Waals surface area contributed by atoms with Crippen molar-refractivity contribution in [3.8, 4) is 11.8 Å². The number of hydrogen-bond donors (Lipinski definition) is 1. The summed E-state index contributed by atoms with van der Waals surface area (Å²) in [6.45, 7) is 1.88. The second-order valence-corrected chi connectivity index (χ2v) is 4.18. The Kier molecular flexibility index (Phi) is 5.45. The van der Waals surface area contributed by atoms with Crippen molar-refractivity contribution in [2.24, 2.45) is 0 Å². The molecular formula is C13H16BrN. The third-order valence-electron chi connectivity index (χ3n) is 2.36. The molecule has 0 aliphatic carbocycles. The van der Waals surface area contributed by atoms with Gasteiger partial charge in [0.1, 0.15) is 0 Å². The predicted molar refractivity (Wildman–Crippen MR) is 68.6 cm³/mol. The molecule has 0 bridgehead atoms. The molecule has 0 saturated heterocycles. The van der Waals surface area contributed by atoms with Crippen LogP contribution in [0.3, 0.4) is 0 Å². The molecule has 1 aromatic rings. The topological polar surface area (TPSA) is 12.0 Å². The predicted octanol–water partition coefficient (Wildman–Crippen LogP) is 3.51. The average molecular weight is 266 g/mol. The zero-order valence-electron chi connectivity index (χ0n) is 9.18. The molecule has 1 rings (SSSR count). The zero-order chi connectivity index (χ0) is 11.1. The summed E-state index contributed by atoms with van der Waals surface area (Å²) >= 11 is 3.57. The Labute approximate surface area is 100 Å². The van der Waals surface area contributed by atoms with E-state index in [9.17, 15) is 0 Å². The summed E-state index contributed by atoms with van der Waals surface area (Å²) in [7, 11) is 1.99. The second-order valence-electron chi connectivity index (χ2n) is 3.33. The highest BCUT2D eigenvalue weighted by Crippen LogP contribution is 2.25. The SMILES string of the molecule is CC#CCCC(NC)c1ccccc1Br. The molecule has 0 radical (unpaired) electrons. The number of rotatable bonds is 4. The summed E-state index contributed by atoms with van der Waals surface area (Å²) in [5, 5.41) is 3.32.